The first-order valence-electron chi connectivity index (χ1n) is 12.3. The molecule has 2 saturated heterocycles. The molecule has 2 N–H and O–H groups in total. The van der Waals surface area contributed by atoms with Gasteiger partial charge >= 0.3 is 6.03 Å². The molecule has 2 aromatic heterocycles. The molecule has 2 aliphatic rings. The molecular formula is C25H31N9O2. The summed E-state index contributed by atoms with van der Waals surface area (Å²) in [6.45, 7) is 6.63. The lowest BCUT2D eigenvalue weighted by molar-refractivity contribution is 0.122. The predicted molar refractivity (Wildman–Crippen MR) is 140 cm³/mol. The van der Waals surface area contributed by atoms with E-state index in [2.05, 4.69) is 37.4 Å². The van der Waals surface area contributed by atoms with Gasteiger partial charge in [-0.15, -0.1) is 0 Å². The van der Waals surface area contributed by atoms with Gasteiger partial charge in [0.25, 0.3) is 0 Å². The number of carbonyl (C=O) groups is 1. The van der Waals surface area contributed by atoms with Crippen molar-refractivity contribution < 1.29 is 9.53 Å². The Hall–Kier alpha value is -3.83. The lowest BCUT2D eigenvalue weighted by Crippen LogP contribution is -2.38. The van der Waals surface area contributed by atoms with Gasteiger partial charge < -0.3 is 24.8 Å². The van der Waals surface area contributed by atoms with E-state index in [0.29, 0.717) is 42.4 Å². The smallest absolute Gasteiger partial charge is 0.324 e. The number of benzene rings is 1. The molecule has 3 aromatic rings. The molecule has 2 amide bonds. The lowest BCUT2D eigenvalue weighted by atomic mass is 10.2. The third-order valence-electron chi connectivity index (χ3n) is 6.22. The van der Waals surface area contributed by atoms with Crippen LogP contribution in [0.5, 0.6) is 0 Å². The van der Waals surface area contributed by atoms with Crippen LogP contribution in [-0.2, 0) is 4.74 Å². The summed E-state index contributed by atoms with van der Waals surface area (Å²) in [4.78, 5) is 37.7. The molecule has 5 rings (SSSR count). The Labute approximate surface area is 210 Å². The van der Waals surface area contributed by atoms with Crippen LogP contribution in [0, 0.1) is 0 Å². The van der Waals surface area contributed by atoms with Crippen LogP contribution in [0.1, 0.15) is 6.42 Å². The fourth-order valence-electron chi connectivity index (χ4n) is 4.19. The molecule has 0 aliphatic carbocycles. The van der Waals surface area contributed by atoms with Gasteiger partial charge in [0.05, 0.1) is 13.2 Å². The van der Waals surface area contributed by atoms with Gasteiger partial charge in [0.1, 0.15) is 5.82 Å². The molecule has 0 unspecified atom stereocenters. The van der Waals surface area contributed by atoms with Gasteiger partial charge in [0, 0.05) is 50.2 Å². The summed E-state index contributed by atoms with van der Waals surface area (Å²) in [7, 11) is 2.15. The number of nitrogens with one attached hydrogen (secondary N) is 2. The molecule has 4 heterocycles. The quantitative estimate of drug-likeness (QED) is 0.558. The Morgan fingerprint density at radius 1 is 0.833 bits per heavy atom. The number of amides is 2. The first-order chi connectivity index (χ1) is 17.6. The summed E-state index contributed by atoms with van der Waals surface area (Å²) in [6.07, 6.45) is 2.69. The molecule has 36 heavy (non-hydrogen) atoms. The third-order valence-corrected chi connectivity index (χ3v) is 6.22. The topological polar surface area (TPSA) is 112 Å². The second-order valence-electron chi connectivity index (χ2n) is 8.87. The van der Waals surface area contributed by atoms with Gasteiger partial charge in [-0.05, 0) is 56.4 Å². The van der Waals surface area contributed by atoms with Gasteiger partial charge in [0.2, 0.25) is 11.9 Å². The molecule has 1 aromatic carbocycles. The maximum Gasteiger partial charge on any atom is 0.324 e. The molecule has 2 aliphatic heterocycles. The van der Waals surface area contributed by atoms with Crippen LogP contribution >= 0.6 is 0 Å². The van der Waals surface area contributed by atoms with Gasteiger partial charge in [-0.25, -0.2) is 9.78 Å². The highest BCUT2D eigenvalue weighted by Crippen LogP contribution is 2.24. The van der Waals surface area contributed by atoms with Crippen LogP contribution < -0.4 is 20.4 Å². The monoisotopic (exact) mass is 489 g/mol. The van der Waals surface area contributed by atoms with Crippen LogP contribution in [0.4, 0.5) is 28.2 Å². The van der Waals surface area contributed by atoms with E-state index in [1.807, 2.05) is 30.3 Å². The molecule has 188 valence electrons. The normalized spacial score (nSPS) is 16.9. The molecule has 0 bridgehead atoms. The molecule has 0 radical (unpaired) electrons. The van der Waals surface area contributed by atoms with Crippen molar-refractivity contribution in [2.75, 3.05) is 80.0 Å². The highest BCUT2D eigenvalue weighted by molar-refractivity contribution is 5.99. The largest absolute Gasteiger partial charge is 0.378 e. The molecule has 11 heteroatoms. The van der Waals surface area contributed by atoms with Crippen molar-refractivity contribution in [1.29, 1.82) is 0 Å². The summed E-state index contributed by atoms with van der Waals surface area (Å²) >= 11 is 0. The van der Waals surface area contributed by atoms with E-state index in [0.717, 1.165) is 51.3 Å². The zero-order valence-corrected chi connectivity index (χ0v) is 20.4. The Kier molecular flexibility index (Phi) is 7.48. The van der Waals surface area contributed by atoms with Crippen molar-refractivity contribution in [3.8, 4) is 11.4 Å². The molecular weight excluding hydrogens is 458 g/mol. The van der Waals surface area contributed by atoms with E-state index in [4.69, 9.17) is 19.7 Å². The molecule has 0 atom stereocenters. The summed E-state index contributed by atoms with van der Waals surface area (Å²) in [6, 6.07) is 12.5. The average Bonchev–Trinajstić information content (AvgIpc) is 3.14. The Bertz CT molecular complexity index is 1150. The zero-order valence-electron chi connectivity index (χ0n) is 20.4. The zero-order chi connectivity index (χ0) is 24.7. The molecule has 11 nitrogen and oxygen atoms in total. The highest BCUT2D eigenvalue weighted by atomic mass is 16.5. The number of ether oxygens (including phenoxy) is 1. The van der Waals surface area contributed by atoms with Crippen molar-refractivity contribution >= 4 is 29.4 Å². The van der Waals surface area contributed by atoms with Crippen LogP contribution in [0.2, 0.25) is 0 Å². The van der Waals surface area contributed by atoms with E-state index in [-0.39, 0.29) is 6.03 Å². The summed E-state index contributed by atoms with van der Waals surface area (Å²) < 4.78 is 5.52. The Morgan fingerprint density at radius 2 is 1.58 bits per heavy atom. The molecule has 0 saturated carbocycles. The SMILES string of the molecule is CN1CCCN(c2nc(-c3ccc(NC(=O)Nc4ccccn4)cc3)nc(N3CCOCC3)n2)CC1. The van der Waals surface area contributed by atoms with Gasteiger partial charge in [-0.1, -0.05) is 6.07 Å². The highest BCUT2D eigenvalue weighted by Gasteiger charge is 2.21. The van der Waals surface area contributed by atoms with Crippen LogP contribution in [0.3, 0.4) is 0 Å². The van der Waals surface area contributed by atoms with Crippen LogP contribution in [-0.4, -0.2) is 90.4 Å². The third kappa shape index (κ3) is 6.04. The van der Waals surface area contributed by atoms with Gasteiger partial charge in [-0.2, -0.15) is 15.0 Å². The number of morpholine rings is 1. The van der Waals surface area contributed by atoms with Gasteiger partial charge in [0.15, 0.2) is 5.82 Å². The van der Waals surface area contributed by atoms with Crippen LogP contribution in [0.15, 0.2) is 48.7 Å². The number of carbonyl (C=O) groups excluding carboxylic acids is 1. The van der Waals surface area contributed by atoms with Crippen LogP contribution in [0.25, 0.3) is 11.4 Å². The Morgan fingerprint density at radius 3 is 2.31 bits per heavy atom. The lowest BCUT2D eigenvalue weighted by Gasteiger charge is -2.28. The van der Waals surface area contributed by atoms with Crippen molar-refractivity contribution in [3.63, 3.8) is 0 Å². The van der Waals surface area contributed by atoms with E-state index >= 15 is 0 Å². The standard InChI is InChI=1S/C25H31N9O2/c1-32-11-4-12-33(14-13-32)23-29-22(30-24(31-23)34-15-17-36-18-16-34)19-6-8-20(9-7-19)27-25(35)28-21-5-2-3-10-26-21/h2-3,5-10H,4,11-18H2,1H3,(H2,26,27,28,35). The summed E-state index contributed by atoms with van der Waals surface area (Å²) in [5.74, 6) is 2.48. The van der Waals surface area contributed by atoms with E-state index in [1.54, 1.807) is 18.3 Å². The number of rotatable bonds is 5. The van der Waals surface area contributed by atoms with Crippen molar-refractivity contribution in [2.45, 2.75) is 6.42 Å². The Balaban J connectivity index is 1.36. The number of aromatic nitrogens is 4. The maximum absolute atomic E-state index is 12.3. The fourth-order valence-corrected chi connectivity index (χ4v) is 4.19. The number of hydrogen-bond acceptors (Lipinski definition) is 9. The number of hydrogen-bond donors (Lipinski definition) is 2. The predicted octanol–water partition coefficient (Wildman–Crippen LogP) is 2.56. The van der Waals surface area contributed by atoms with Crippen molar-refractivity contribution in [3.05, 3.63) is 48.7 Å². The number of nitrogens with zero attached hydrogens (tertiary/aromatic N) is 7. The fraction of sp³-hybridized carbons (Fsp3) is 0.400. The van der Waals surface area contributed by atoms with E-state index < -0.39 is 0 Å². The number of anilines is 4. The van der Waals surface area contributed by atoms with Crippen molar-refractivity contribution in [1.82, 2.24) is 24.8 Å². The number of pyridine rings is 1. The molecule has 2 fully saturated rings. The average molecular weight is 490 g/mol. The van der Waals surface area contributed by atoms with E-state index in [9.17, 15) is 4.79 Å². The summed E-state index contributed by atoms with van der Waals surface area (Å²) in [5, 5.41) is 5.54. The first kappa shape index (κ1) is 23.9. The van der Waals surface area contributed by atoms with Crippen molar-refractivity contribution in [2.24, 2.45) is 0 Å². The number of likely N-dealkylation sites (N-methyl/N-ethyl adjacent to an activating group) is 1. The minimum atomic E-state index is -0.357. The second-order valence-corrected chi connectivity index (χ2v) is 8.87. The van der Waals surface area contributed by atoms with Gasteiger partial charge in [-0.3, -0.25) is 5.32 Å². The minimum absolute atomic E-state index is 0.357. The molecule has 0 spiro atoms. The minimum Gasteiger partial charge on any atom is -0.378 e. The number of urea groups is 1. The summed E-state index contributed by atoms with van der Waals surface area (Å²) in [5.41, 5.74) is 1.52. The first-order valence-corrected chi connectivity index (χ1v) is 12.3. The maximum atomic E-state index is 12.3. The second kappa shape index (κ2) is 11.3. The van der Waals surface area contributed by atoms with E-state index in [1.165, 1.54) is 0 Å².